The first-order chi connectivity index (χ1) is 15.1. The van der Waals surface area contributed by atoms with E-state index >= 15 is 0 Å². The zero-order valence-corrected chi connectivity index (χ0v) is 20.3. The zero-order valence-electron chi connectivity index (χ0n) is 19.5. The molecule has 1 aliphatic rings. The fourth-order valence-electron chi connectivity index (χ4n) is 3.53. The first kappa shape index (κ1) is 25.9. The number of nitrogens with one attached hydrogen (secondary N) is 1. The lowest BCUT2D eigenvalue weighted by molar-refractivity contribution is -0.140. The van der Waals surface area contributed by atoms with E-state index in [1.165, 1.54) is 30.4 Å². The van der Waals surface area contributed by atoms with Crippen LogP contribution >= 0.6 is 0 Å². The molecule has 0 aromatic heterocycles. The maximum atomic E-state index is 13.0. The topological polar surface area (TPSA) is 96.0 Å². The van der Waals surface area contributed by atoms with Crippen LogP contribution in [-0.2, 0) is 26.2 Å². The summed E-state index contributed by atoms with van der Waals surface area (Å²) < 4.78 is 29.7. The summed E-state index contributed by atoms with van der Waals surface area (Å²) in [6.07, 6.45) is 8.68. The van der Waals surface area contributed by atoms with Gasteiger partial charge in [0.25, 0.3) is 0 Å². The third-order valence-electron chi connectivity index (χ3n) is 5.73. The number of carbonyl (C=O) groups excluding carboxylic acids is 2. The molecule has 2 rings (SSSR count). The number of rotatable bonds is 11. The second-order valence-corrected chi connectivity index (χ2v) is 10.3. The minimum Gasteiger partial charge on any atom is -0.497 e. The SMILES string of the molecule is COc1ccc(CN(C(=O)CN(C)S(C)(=O)=O)C(C)C(=O)NCCC2=CCCCC2)cc1. The maximum absolute atomic E-state index is 13.0. The van der Waals surface area contributed by atoms with Gasteiger partial charge in [0.1, 0.15) is 11.8 Å². The van der Waals surface area contributed by atoms with E-state index in [9.17, 15) is 18.0 Å². The van der Waals surface area contributed by atoms with Crippen molar-refractivity contribution in [2.45, 2.75) is 51.6 Å². The van der Waals surface area contributed by atoms with Gasteiger partial charge in [0, 0.05) is 20.1 Å². The van der Waals surface area contributed by atoms with Crippen molar-refractivity contribution in [3.63, 3.8) is 0 Å². The van der Waals surface area contributed by atoms with E-state index < -0.39 is 22.0 Å². The Morgan fingerprint density at radius 1 is 1.19 bits per heavy atom. The molecule has 1 aromatic carbocycles. The van der Waals surface area contributed by atoms with Crippen molar-refractivity contribution in [2.75, 3.05) is 33.5 Å². The van der Waals surface area contributed by atoms with E-state index in [1.807, 2.05) is 12.1 Å². The van der Waals surface area contributed by atoms with Crippen molar-refractivity contribution in [3.05, 3.63) is 41.5 Å². The predicted octanol–water partition coefficient (Wildman–Crippen LogP) is 2.31. The Hall–Kier alpha value is -2.39. The van der Waals surface area contributed by atoms with Gasteiger partial charge in [-0.1, -0.05) is 23.8 Å². The monoisotopic (exact) mass is 465 g/mol. The van der Waals surface area contributed by atoms with Gasteiger partial charge in [-0.25, -0.2) is 8.42 Å². The van der Waals surface area contributed by atoms with Crippen molar-refractivity contribution in [3.8, 4) is 5.75 Å². The molecule has 1 N–H and O–H groups in total. The summed E-state index contributed by atoms with van der Waals surface area (Å²) in [6.45, 7) is 2.03. The van der Waals surface area contributed by atoms with Crippen molar-refractivity contribution in [2.24, 2.45) is 0 Å². The number of nitrogens with zero attached hydrogens (tertiary/aromatic N) is 2. The summed E-state index contributed by atoms with van der Waals surface area (Å²) >= 11 is 0. The van der Waals surface area contributed by atoms with Crippen LogP contribution in [0.1, 0.15) is 44.6 Å². The van der Waals surface area contributed by atoms with Gasteiger partial charge in [-0.3, -0.25) is 9.59 Å². The molecule has 1 atom stereocenters. The van der Waals surface area contributed by atoms with Crippen molar-refractivity contribution in [1.82, 2.24) is 14.5 Å². The van der Waals surface area contributed by atoms with Crippen LogP contribution in [0.3, 0.4) is 0 Å². The number of likely N-dealkylation sites (N-methyl/N-ethyl adjacent to an activating group) is 1. The molecule has 0 spiro atoms. The van der Waals surface area contributed by atoms with E-state index in [1.54, 1.807) is 26.2 Å². The highest BCUT2D eigenvalue weighted by Gasteiger charge is 2.28. The number of sulfonamides is 1. The molecule has 0 saturated heterocycles. The minimum atomic E-state index is -3.52. The molecule has 178 valence electrons. The van der Waals surface area contributed by atoms with Gasteiger partial charge < -0.3 is 15.0 Å². The van der Waals surface area contributed by atoms with Crippen molar-refractivity contribution < 1.29 is 22.7 Å². The Kier molecular flexibility index (Phi) is 9.71. The summed E-state index contributed by atoms with van der Waals surface area (Å²) in [5.41, 5.74) is 2.18. The molecule has 2 amide bonds. The van der Waals surface area contributed by atoms with E-state index in [-0.39, 0.29) is 19.0 Å². The molecule has 1 aromatic rings. The fourth-order valence-corrected chi connectivity index (χ4v) is 3.88. The number of amides is 2. The molecule has 1 unspecified atom stereocenters. The number of ether oxygens (including phenoxy) is 1. The van der Waals surface area contributed by atoms with Gasteiger partial charge >= 0.3 is 0 Å². The second-order valence-electron chi connectivity index (χ2n) is 8.21. The normalized spacial score (nSPS) is 15.1. The van der Waals surface area contributed by atoms with E-state index in [0.717, 1.165) is 35.4 Å². The highest BCUT2D eigenvalue weighted by atomic mass is 32.2. The molecule has 0 aliphatic heterocycles. The molecule has 0 fully saturated rings. The lowest BCUT2D eigenvalue weighted by Crippen LogP contribution is -2.50. The van der Waals surface area contributed by atoms with Gasteiger partial charge in [-0.05, 0) is 56.7 Å². The maximum Gasteiger partial charge on any atom is 0.242 e. The summed E-state index contributed by atoms with van der Waals surface area (Å²) in [7, 11) is -0.604. The highest BCUT2D eigenvalue weighted by molar-refractivity contribution is 7.88. The fraction of sp³-hybridized carbons (Fsp3) is 0.565. The molecule has 1 aliphatic carbocycles. The Balaban J connectivity index is 2.08. The quantitative estimate of drug-likeness (QED) is 0.506. The summed E-state index contributed by atoms with van der Waals surface area (Å²) in [5, 5.41) is 2.93. The molecule has 0 heterocycles. The average molecular weight is 466 g/mol. The zero-order chi connectivity index (χ0) is 23.7. The lowest BCUT2D eigenvalue weighted by Gasteiger charge is -2.30. The molecule has 0 radical (unpaired) electrons. The van der Waals surface area contributed by atoms with Gasteiger partial charge in [0.15, 0.2) is 0 Å². The number of benzene rings is 1. The number of hydrogen-bond acceptors (Lipinski definition) is 5. The Morgan fingerprint density at radius 2 is 1.88 bits per heavy atom. The van der Waals surface area contributed by atoms with Crippen molar-refractivity contribution >= 4 is 21.8 Å². The van der Waals surface area contributed by atoms with Gasteiger partial charge in [0.2, 0.25) is 21.8 Å². The molecule has 32 heavy (non-hydrogen) atoms. The van der Waals surface area contributed by atoms with Crippen LogP contribution in [0.25, 0.3) is 0 Å². The smallest absolute Gasteiger partial charge is 0.242 e. The summed E-state index contributed by atoms with van der Waals surface area (Å²) in [4.78, 5) is 27.2. The molecular weight excluding hydrogens is 430 g/mol. The molecule has 0 saturated carbocycles. The first-order valence-electron chi connectivity index (χ1n) is 10.9. The molecule has 9 heteroatoms. The largest absolute Gasteiger partial charge is 0.497 e. The molecule has 0 bridgehead atoms. The highest BCUT2D eigenvalue weighted by Crippen LogP contribution is 2.19. The second kappa shape index (κ2) is 12.0. The van der Waals surface area contributed by atoms with E-state index in [2.05, 4.69) is 11.4 Å². The predicted molar refractivity (Wildman–Crippen MR) is 125 cm³/mol. The number of methoxy groups -OCH3 is 1. The molecule has 8 nitrogen and oxygen atoms in total. The summed E-state index contributed by atoms with van der Waals surface area (Å²) in [5.74, 6) is -0.0112. The van der Waals surface area contributed by atoms with E-state index in [4.69, 9.17) is 4.74 Å². The number of carbonyl (C=O) groups is 2. The van der Waals surface area contributed by atoms with Crippen LogP contribution in [0.5, 0.6) is 5.75 Å². The standard InChI is InChI=1S/C23H35N3O5S/c1-18(23(28)24-15-14-19-8-6-5-7-9-19)26(22(27)17-25(2)32(4,29)30)16-20-10-12-21(31-3)13-11-20/h8,10-13,18H,5-7,9,14-17H2,1-4H3,(H,24,28). The van der Waals surface area contributed by atoms with Gasteiger partial charge in [-0.15, -0.1) is 0 Å². The molecular formula is C23H35N3O5S. The van der Waals surface area contributed by atoms with Crippen LogP contribution in [0, 0.1) is 0 Å². The summed E-state index contributed by atoms with van der Waals surface area (Å²) in [6, 6.07) is 6.45. The average Bonchev–Trinajstić information content (AvgIpc) is 2.77. The van der Waals surface area contributed by atoms with E-state index in [0.29, 0.717) is 12.3 Å². The Morgan fingerprint density at radius 3 is 2.44 bits per heavy atom. The third kappa shape index (κ3) is 7.94. The van der Waals surface area contributed by atoms with Gasteiger partial charge in [0.05, 0.1) is 19.9 Å². The lowest BCUT2D eigenvalue weighted by atomic mass is 9.97. The third-order valence-corrected chi connectivity index (χ3v) is 7.00. The Labute approximate surface area is 191 Å². The number of hydrogen-bond donors (Lipinski definition) is 1. The van der Waals surface area contributed by atoms with Gasteiger partial charge in [-0.2, -0.15) is 4.31 Å². The van der Waals surface area contributed by atoms with Crippen molar-refractivity contribution in [1.29, 1.82) is 0 Å². The van der Waals surface area contributed by atoms with Crippen LogP contribution < -0.4 is 10.1 Å². The van der Waals surface area contributed by atoms with Crippen LogP contribution in [0.4, 0.5) is 0 Å². The first-order valence-corrected chi connectivity index (χ1v) is 12.8. The Bertz CT molecular complexity index is 912. The van der Waals surface area contributed by atoms with Crippen LogP contribution in [0.2, 0.25) is 0 Å². The number of allylic oxidation sites excluding steroid dienone is 1. The van der Waals surface area contributed by atoms with Crippen LogP contribution in [-0.4, -0.2) is 69.0 Å². The minimum absolute atomic E-state index is 0.181. The van der Waals surface area contributed by atoms with Crippen LogP contribution in [0.15, 0.2) is 35.9 Å².